The fourth-order valence-corrected chi connectivity index (χ4v) is 1.98. The molecule has 0 aliphatic carbocycles. The van der Waals surface area contributed by atoms with E-state index in [0.29, 0.717) is 29.7 Å². The highest BCUT2D eigenvalue weighted by Crippen LogP contribution is 2.24. The van der Waals surface area contributed by atoms with Crippen LogP contribution in [-0.2, 0) is 11.2 Å². The molecule has 3 N–H and O–H groups in total. The predicted octanol–water partition coefficient (Wildman–Crippen LogP) is 2.77. The minimum Gasteiger partial charge on any atom is -0.483 e. The average Bonchev–Trinajstić information content (AvgIpc) is 2.44. The first-order valence-electron chi connectivity index (χ1n) is 7.35. The van der Waals surface area contributed by atoms with Crippen LogP contribution in [-0.4, -0.2) is 25.1 Å². The highest BCUT2D eigenvalue weighted by molar-refractivity contribution is 6.30. The van der Waals surface area contributed by atoms with Crippen molar-refractivity contribution >= 4 is 17.5 Å². The Bertz CT molecular complexity index is 464. The van der Waals surface area contributed by atoms with Crippen molar-refractivity contribution < 1.29 is 9.53 Å². The zero-order valence-electron chi connectivity index (χ0n) is 13.0. The van der Waals surface area contributed by atoms with E-state index in [2.05, 4.69) is 5.32 Å². The van der Waals surface area contributed by atoms with E-state index in [4.69, 9.17) is 22.1 Å². The normalized spacial score (nSPS) is 12.3. The number of halogens is 1. The largest absolute Gasteiger partial charge is 0.483 e. The van der Waals surface area contributed by atoms with Gasteiger partial charge in [-0.15, -0.1) is 0 Å². The molecule has 4 nitrogen and oxygen atoms in total. The summed E-state index contributed by atoms with van der Waals surface area (Å²) in [5.41, 5.74) is 6.92. The summed E-state index contributed by atoms with van der Waals surface area (Å²) in [5.74, 6) is 0.968. The molecule has 1 aromatic rings. The molecule has 0 spiro atoms. The van der Waals surface area contributed by atoms with Gasteiger partial charge in [-0.2, -0.15) is 0 Å². The van der Waals surface area contributed by atoms with Gasteiger partial charge in [-0.3, -0.25) is 4.79 Å². The molecule has 0 aliphatic heterocycles. The summed E-state index contributed by atoms with van der Waals surface area (Å²) in [5, 5.41) is 3.46. The minimum absolute atomic E-state index is 0.00269. The summed E-state index contributed by atoms with van der Waals surface area (Å²) in [6.45, 7) is 6.78. The lowest BCUT2D eigenvalue weighted by Gasteiger charge is -2.15. The number of nitrogens with one attached hydrogen (secondary N) is 1. The summed E-state index contributed by atoms with van der Waals surface area (Å²) in [4.78, 5) is 11.7. The number of rotatable bonds is 8. The number of carbonyl (C=O) groups is 1. The molecule has 118 valence electrons. The maximum absolute atomic E-state index is 11.7. The topological polar surface area (TPSA) is 64.3 Å². The van der Waals surface area contributed by atoms with Crippen molar-refractivity contribution in [1.29, 1.82) is 0 Å². The van der Waals surface area contributed by atoms with Gasteiger partial charge in [0.15, 0.2) is 6.61 Å². The molecule has 1 amide bonds. The maximum atomic E-state index is 11.7. The molecule has 0 radical (unpaired) electrons. The second kappa shape index (κ2) is 8.90. The van der Waals surface area contributed by atoms with Crippen molar-refractivity contribution in [2.75, 3.05) is 13.2 Å². The number of nitrogens with two attached hydrogens (primary N) is 1. The van der Waals surface area contributed by atoms with E-state index in [0.717, 1.165) is 12.0 Å². The Kier molecular flexibility index (Phi) is 7.54. The van der Waals surface area contributed by atoms with Gasteiger partial charge >= 0.3 is 0 Å². The quantitative estimate of drug-likeness (QED) is 0.776. The highest BCUT2D eigenvalue weighted by Gasteiger charge is 2.11. The third-order valence-electron chi connectivity index (χ3n) is 3.10. The number of benzene rings is 1. The maximum Gasteiger partial charge on any atom is 0.257 e. The van der Waals surface area contributed by atoms with Gasteiger partial charge < -0.3 is 15.8 Å². The van der Waals surface area contributed by atoms with Gasteiger partial charge in [-0.1, -0.05) is 32.4 Å². The standard InChI is InChI=1S/C16H25ClN2O2/c1-4-14(18)8-12-7-13(17)5-6-15(12)21-10-16(20)19-9-11(2)3/h5-7,11,14H,4,8-10,18H2,1-3H3,(H,19,20). The van der Waals surface area contributed by atoms with Crippen LogP contribution in [0.4, 0.5) is 0 Å². The van der Waals surface area contributed by atoms with E-state index in [9.17, 15) is 4.79 Å². The number of carbonyl (C=O) groups excluding carboxylic acids is 1. The zero-order chi connectivity index (χ0) is 15.8. The Morgan fingerprint density at radius 1 is 1.43 bits per heavy atom. The summed E-state index contributed by atoms with van der Waals surface area (Å²) in [7, 11) is 0. The van der Waals surface area contributed by atoms with E-state index in [1.165, 1.54) is 0 Å². The van der Waals surface area contributed by atoms with E-state index in [1.54, 1.807) is 12.1 Å². The molecular formula is C16H25ClN2O2. The van der Waals surface area contributed by atoms with E-state index >= 15 is 0 Å². The van der Waals surface area contributed by atoms with Crippen LogP contribution >= 0.6 is 11.6 Å². The van der Waals surface area contributed by atoms with Crippen LogP contribution in [0.3, 0.4) is 0 Å². The number of hydrogen-bond donors (Lipinski definition) is 2. The highest BCUT2D eigenvalue weighted by atomic mass is 35.5. The van der Waals surface area contributed by atoms with Gasteiger partial charge in [0.1, 0.15) is 5.75 Å². The molecule has 1 aromatic carbocycles. The molecule has 1 unspecified atom stereocenters. The summed E-state index contributed by atoms with van der Waals surface area (Å²) < 4.78 is 5.61. The fourth-order valence-electron chi connectivity index (χ4n) is 1.79. The zero-order valence-corrected chi connectivity index (χ0v) is 13.7. The van der Waals surface area contributed by atoms with Crippen LogP contribution in [0.1, 0.15) is 32.8 Å². The smallest absolute Gasteiger partial charge is 0.257 e. The molecular weight excluding hydrogens is 288 g/mol. The molecule has 0 saturated heterocycles. The summed E-state index contributed by atoms with van der Waals surface area (Å²) in [6, 6.07) is 5.44. The SMILES string of the molecule is CCC(N)Cc1cc(Cl)ccc1OCC(=O)NCC(C)C. The number of hydrogen-bond acceptors (Lipinski definition) is 3. The van der Waals surface area contributed by atoms with Crippen molar-refractivity contribution in [2.45, 2.75) is 39.7 Å². The van der Waals surface area contributed by atoms with Crippen molar-refractivity contribution in [2.24, 2.45) is 11.7 Å². The molecule has 1 atom stereocenters. The van der Waals surface area contributed by atoms with Gasteiger partial charge in [0.05, 0.1) is 0 Å². The van der Waals surface area contributed by atoms with Crippen LogP contribution in [0.25, 0.3) is 0 Å². The molecule has 1 rings (SSSR count). The summed E-state index contributed by atoms with van der Waals surface area (Å²) in [6.07, 6.45) is 1.56. The van der Waals surface area contributed by atoms with Crippen molar-refractivity contribution in [3.05, 3.63) is 28.8 Å². The first-order valence-corrected chi connectivity index (χ1v) is 7.73. The van der Waals surface area contributed by atoms with Crippen molar-refractivity contribution in [1.82, 2.24) is 5.32 Å². The third-order valence-corrected chi connectivity index (χ3v) is 3.33. The fraction of sp³-hybridized carbons (Fsp3) is 0.562. The van der Waals surface area contributed by atoms with E-state index in [1.807, 2.05) is 26.8 Å². The average molecular weight is 313 g/mol. The van der Waals surface area contributed by atoms with Crippen LogP contribution < -0.4 is 15.8 Å². The monoisotopic (exact) mass is 312 g/mol. The Balaban J connectivity index is 2.63. The van der Waals surface area contributed by atoms with Gasteiger partial charge in [0.25, 0.3) is 5.91 Å². The Morgan fingerprint density at radius 3 is 2.76 bits per heavy atom. The van der Waals surface area contributed by atoms with Crippen LogP contribution in [0.5, 0.6) is 5.75 Å². The molecule has 21 heavy (non-hydrogen) atoms. The second-order valence-corrected chi connectivity index (χ2v) is 6.05. The number of ether oxygens (including phenoxy) is 1. The molecule has 0 fully saturated rings. The van der Waals surface area contributed by atoms with Gasteiger partial charge in [-0.05, 0) is 42.5 Å². The van der Waals surface area contributed by atoms with Crippen LogP contribution in [0.2, 0.25) is 5.02 Å². The van der Waals surface area contributed by atoms with Crippen LogP contribution in [0.15, 0.2) is 18.2 Å². The minimum atomic E-state index is -0.121. The Morgan fingerprint density at radius 2 is 2.14 bits per heavy atom. The first-order chi connectivity index (χ1) is 9.92. The molecule has 0 saturated carbocycles. The molecule has 0 bridgehead atoms. The van der Waals surface area contributed by atoms with Crippen molar-refractivity contribution in [3.63, 3.8) is 0 Å². The lowest BCUT2D eigenvalue weighted by Crippen LogP contribution is -2.32. The van der Waals surface area contributed by atoms with E-state index in [-0.39, 0.29) is 18.6 Å². The lowest BCUT2D eigenvalue weighted by molar-refractivity contribution is -0.123. The molecule has 5 heteroatoms. The Labute approximate surface area is 132 Å². The second-order valence-electron chi connectivity index (χ2n) is 5.61. The van der Waals surface area contributed by atoms with Crippen molar-refractivity contribution in [3.8, 4) is 5.75 Å². The Hall–Kier alpha value is -1.26. The van der Waals surface area contributed by atoms with Crippen LogP contribution in [0, 0.1) is 5.92 Å². The van der Waals surface area contributed by atoms with E-state index < -0.39 is 0 Å². The van der Waals surface area contributed by atoms with Gasteiger partial charge in [0, 0.05) is 17.6 Å². The first kappa shape index (κ1) is 17.8. The van der Waals surface area contributed by atoms with Gasteiger partial charge in [-0.25, -0.2) is 0 Å². The number of amides is 1. The third kappa shape index (κ3) is 6.82. The summed E-state index contributed by atoms with van der Waals surface area (Å²) >= 11 is 6.02. The molecule has 0 heterocycles. The molecule has 0 aromatic heterocycles. The lowest BCUT2D eigenvalue weighted by atomic mass is 10.0. The predicted molar refractivity (Wildman–Crippen MR) is 86.8 cm³/mol. The molecule has 0 aliphatic rings. The van der Waals surface area contributed by atoms with Gasteiger partial charge in [0.2, 0.25) is 0 Å².